The highest BCUT2D eigenvalue weighted by Gasteiger charge is 2.26. The van der Waals surface area contributed by atoms with E-state index in [0.717, 1.165) is 30.7 Å². The van der Waals surface area contributed by atoms with E-state index < -0.39 is 0 Å². The van der Waals surface area contributed by atoms with Gasteiger partial charge < -0.3 is 10.1 Å². The van der Waals surface area contributed by atoms with E-state index in [1.807, 2.05) is 0 Å². The van der Waals surface area contributed by atoms with Crippen LogP contribution in [0.3, 0.4) is 0 Å². The summed E-state index contributed by atoms with van der Waals surface area (Å²) >= 11 is 1.41. The summed E-state index contributed by atoms with van der Waals surface area (Å²) in [5, 5.41) is 4.15. The van der Waals surface area contributed by atoms with Gasteiger partial charge in [0.05, 0.1) is 6.61 Å². The van der Waals surface area contributed by atoms with Crippen molar-refractivity contribution in [3.63, 3.8) is 0 Å². The standard InChI is InChI=1S/C12H22N4OS/c1-8(2)13-12-14-11(15-18-12)10-7-16(9(3)4)5-6-17-10/h8-10H,5-7H2,1-4H3,(H,13,14,15). The first-order valence-corrected chi connectivity index (χ1v) is 7.29. The van der Waals surface area contributed by atoms with E-state index >= 15 is 0 Å². The number of nitrogens with one attached hydrogen (secondary N) is 1. The number of rotatable bonds is 4. The minimum absolute atomic E-state index is 0.0140. The molecule has 1 fully saturated rings. The second-order valence-electron chi connectivity index (χ2n) is 5.20. The van der Waals surface area contributed by atoms with E-state index in [1.54, 1.807) is 0 Å². The highest BCUT2D eigenvalue weighted by molar-refractivity contribution is 7.09. The summed E-state index contributed by atoms with van der Waals surface area (Å²) in [5.74, 6) is 0.813. The molecule has 0 spiro atoms. The Kier molecular flexibility index (Phi) is 4.53. The fourth-order valence-corrected chi connectivity index (χ4v) is 2.73. The molecule has 1 aliphatic heterocycles. The predicted octanol–water partition coefficient (Wildman–Crippen LogP) is 2.14. The number of aromatic nitrogens is 2. The van der Waals surface area contributed by atoms with E-state index in [4.69, 9.17) is 4.74 Å². The van der Waals surface area contributed by atoms with Crippen molar-refractivity contribution >= 4 is 16.7 Å². The molecule has 2 heterocycles. The van der Waals surface area contributed by atoms with Crippen LogP contribution in [0, 0.1) is 0 Å². The van der Waals surface area contributed by atoms with Crippen LogP contribution in [0.15, 0.2) is 0 Å². The Hall–Kier alpha value is -0.720. The third-order valence-corrected chi connectivity index (χ3v) is 3.63. The van der Waals surface area contributed by atoms with Gasteiger partial charge in [0.15, 0.2) is 5.82 Å². The lowest BCUT2D eigenvalue weighted by Crippen LogP contribution is -2.42. The molecule has 1 aromatic rings. The minimum Gasteiger partial charge on any atom is -0.367 e. The zero-order valence-electron chi connectivity index (χ0n) is 11.5. The van der Waals surface area contributed by atoms with E-state index in [9.17, 15) is 0 Å². The van der Waals surface area contributed by atoms with E-state index in [1.165, 1.54) is 11.5 Å². The van der Waals surface area contributed by atoms with E-state index in [-0.39, 0.29) is 6.10 Å². The highest BCUT2D eigenvalue weighted by atomic mass is 32.1. The van der Waals surface area contributed by atoms with Gasteiger partial charge in [0.1, 0.15) is 6.10 Å². The summed E-state index contributed by atoms with van der Waals surface area (Å²) in [6.45, 7) is 11.3. The molecule has 0 aliphatic carbocycles. The summed E-state index contributed by atoms with van der Waals surface area (Å²) in [5.41, 5.74) is 0. The summed E-state index contributed by atoms with van der Waals surface area (Å²) in [4.78, 5) is 6.92. The van der Waals surface area contributed by atoms with Gasteiger partial charge in [-0.05, 0) is 27.7 Å². The van der Waals surface area contributed by atoms with Crippen molar-refractivity contribution in [2.75, 3.05) is 25.0 Å². The Bertz CT molecular complexity index is 380. The van der Waals surface area contributed by atoms with Crippen LogP contribution in [-0.4, -0.2) is 46.0 Å². The average molecular weight is 270 g/mol. The Morgan fingerprint density at radius 1 is 1.39 bits per heavy atom. The lowest BCUT2D eigenvalue weighted by molar-refractivity contribution is -0.0437. The van der Waals surface area contributed by atoms with Crippen LogP contribution in [0.4, 0.5) is 5.13 Å². The average Bonchev–Trinajstić information content (AvgIpc) is 2.77. The first-order valence-electron chi connectivity index (χ1n) is 6.52. The molecule has 0 bridgehead atoms. The van der Waals surface area contributed by atoms with Crippen molar-refractivity contribution in [1.29, 1.82) is 0 Å². The molecule has 1 aromatic heterocycles. The maximum atomic E-state index is 5.77. The van der Waals surface area contributed by atoms with Crippen molar-refractivity contribution in [2.24, 2.45) is 0 Å². The normalized spacial score (nSPS) is 21.8. The first kappa shape index (κ1) is 13.7. The van der Waals surface area contributed by atoms with Gasteiger partial charge in [-0.2, -0.15) is 4.37 Å². The fraction of sp³-hybridized carbons (Fsp3) is 0.833. The van der Waals surface area contributed by atoms with Crippen molar-refractivity contribution in [3.05, 3.63) is 5.82 Å². The van der Waals surface area contributed by atoms with Gasteiger partial charge in [-0.25, -0.2) is 4.98 Å². The Balaban J connectivity index is 2.00. The van der Waals surface area contributed by atoms with Gasteiger partial charge in [0.25, 0.3) is 0 Å². The number of morpholine rings is 1. The Morgan fingerprint density at radius 3 is 2.83 bits per heavy atom. The topological polar surface area (TPSA) is 50.3 Å². The molecule has 1 unspecified atom stereocenters. The highest BCUT2D eigenvalue weighted by Crippen LogP contribution is 2.24. The lowest BCUT2D eigenvalue weighted by atomic mass is 10.2. The van der Waals surface area contributed by atoms with Gasteiger partial charge in [0, 0.05) is 36.7 Å². The molecule has 0 amide bonds. The van der Waals surface area contributed by atoms with Gasteiger partial charge in [-0.15, -0.1) is 0 Å². The fourth-order valence-electron chi connectivity index (χ4n) is 1.97. The molecule has 1 N–H and O–H groups in total. The molecule has 102 valence electrons. The van der Waals surface area contributed by atoms with Crippen molar-refractivity contribution in [3.8, 4) is 0 Å². The molecule has 5 nitrogen and oxygen atoms in total. The maximum absolute atomic E-state index is 5.77. The molecule has 0 saturated carbocycles. The smallest absolute Gasteiger partial charge is 0.202 e. The zero-order valence-corrected chi connectivity index (χ0v) is 12.3. The number of anilines is 1. The van der Waals surface area contributed by atoms with Crippen molar-refractivity contribution < 1.29 is 4.74 Å². The summed E-state index contributed by atoms with van der Waals surface area (Å²) in [6, 6.07) is 0.925. The largest absolute Gasteiger partial charge is 0.367 e. The molecule has 18 heavy (non-hydrogen) atoms. The van der Waals surface area contributed by atoms with Crippen LogP contribution in [0.25, 0.3) is 0 Å². The van der Waals surface area contributed by atoms with E-state index in [0.29, 0.717) is 12.1 Å². The lowest BCUT2D eigenvalue weighted by Gasteiger charge is -2.34. The van der Waals surface area contributed by atoms with Gasteiger partial charge in [-0.1, -0.05) is 0 Å². The third kappa shape index (κ3) is 3.40. The Morgan fingerprint density at radius 2 is 2.17 bits per heavy atom. The first-order chi connectivity index (χ1) is 8.56. The van der Waals surface area contributed by atoms with Crippen LogP contribution in [0.5, 0.6) is 0 Å². The molecule has 0 aromatic carbocycles. The van der Waals surface area contributed by atoms with Gasteiger partial charge in [0.2, 0.25) is 5.13 Å². The Labute approximate surface area is 113 Å². The molecule has 0 radical (unpaired) electrons. The second-order valence-corrected chi connectivity index (χ2v) is 5.96. The number of hydrogen-bond acceptors (Lipinski definition) is 6. The molecule has 1 aliphatic rings. The second kappa shape index (κ2) is 5.95. The van der Waals surface area contributed by atoms with Crippen LogP contribution in [0.2, 0.25) is 0 Å². The van der Waals surface area contributed by atoms with Gasteiger partial charge in [-0.3, -0.25) is 4.90 Å². The summed E-state index contributed by atoms with van der Waals surface area (Å²) in [7, 11) is 0. The van der Waals surface area contributed by atoms with Crippen molar-refractivity contribution in [2.45, 2.75) is 45.9 Å². The summed E-state index contributed by atoms with van der Waals surface area (Å²) < 4.78 is 10.2. The maximum Gasteiger partial charge on any atom is 0.202 e. The quantitative estimate of drug-likeness (QED) is 0.908. The number of ether oxygens (including phenoxy) is 1. The number of hydrogen-bond donors (Lipinski definition) is 1. The third-order valence-electron chi connectivity index (χ3n) is 2.97. The summed E-state index contributed by atoms with van der Waals surface area (Å²) in [6.07, 6.45) is 0.0140. The van der Waals surface area contributed by atoms with Crippen LogP contribution in [-0.2, 0) is 4.74 Å². The molecule has 1 atom stereocenters. The molecule has 2 rings (SSSR count). The van der Waals surface area contributed by atoms with Crippen molar-refractivity contribution in [1.82, 2.24) is 14.3 Å². The van der Waals surface area contributed by atoms with Crippen LogP contribution < -0.4 is 5.32 Å². The molecule has 6 heteroatoms. The van der Waals surface area contributed by atoms with E-state index in [2.05, 4.69) is 47.3 Å². The molecular formula is C12H22N4OS. The van der Waals surface area contributed by atoms with Gasteiger partial charge >= 0.3 is 0 Å². The minimum atomic E-state index is 0.0140. The molecular weight excluding hydrogens is 248 g/mol. The number of nitrogens with zero attached hydrogens (tertiary/aromatic N) is 3. The van der Waals surface area contributed by atoms with Crippen LogP contribution in [0.1, 0.15) is 39.6 Å². The predicted molar refractivity (Wildman–Crippen MR) is 74.1 cm³/mol. The monoisotopic (exact) mass is 270 g/mol. The van der Waals surface area contributed by atoms with Crippen LogP contribution >= 0.6 is 11.5 Å². The zero-order chi connectivity index (χ0) is 13.1. The SMILES string of the molecule is CC(C)Nc1nc(C2CN(C(C)C)CCO2)ns1. The molecule has 1 saturated heterocycles.